The second-order valence-electron chi connectivity index (χ2n) is 8.54. The molecular formula is C23H29N3OS. The van der Waals surface area contributed by atoms with Crippen LogP contribution in [0.3, 0.4) is 0 Å². The van der Waals surface area contributed by atoms with Crippen LogP contribution in [0.1, 0.15) is 66.2 Å². The summed E-state index contributed by atoms with van der Waals surface area (Å²) >= 11 is 1.77. The number of rotatable bonds is 4. The third-order valence-corrected chi connectivity index (χ3v) is 7.58. The number of amides is 1. The molecule has 5 rings (SSSR count). The van der Waals surface area contributed by atoms with Crippen LogP contribution in [0.25, 0.3) is 11.3 Å². The highest BCUT2D eigenvalue weighted by Gasteiger charge is 2.28. The quantitative estimate of drug-likeness (QED) is 0.748. The zero-order chi connectivity index (χ0) is 18.9. The van der Waals surface area contributed by atoms with Crippen molar-refractivity contribution in [3.8, 4) is 11.3 Å². The van der Waals surface area contributed by atoms with E-state index in [-0.39, 0.29) is 5.91 Å². The van der Waals surface area contributed by atoms with E-state index in [1.165, 1.54) is 50.0 Å². The summed E-state index contributed by atoms with van der Waals surface area (Å²) in [5, 5.41) is 3.42. The molecule has 3 fully saturated rings. The maximum absolute atomic E-state index is 12.9. The van der Waals surface area contributed by atoms with E-state index in [0.29, 0.717) is 5.92 Å². The fraction of sp³-hybridized carbons (Fsp3) is 0.565. The van der Waals surface area contributed by atoms with Crippen molar-refractivity contribution in [2.24, 2.45) is 0 Å². The number of hydrogen-bond acceptors (Lipinski definition) is 4. The summed E-state index contributed by atoms with van der Waals surface area (Å²) in [7, 11) is 0. The predicted molar refractivity (Wildman–Crippen MR) is 114 cm³/mol. The molecule has 2 aromatic rings. The summed E-state index contributed by atoms with van der Waals surface area (Å²) in [6.07, 6.45) is 9.40. The Bertz CT molecular complexity index is 813. The molecule has 0 unspecified atom stereocenters. The van der Waals surface area contributed by atoms with Gasteiger partial charge < -0.3 is 4.90 Å². The number of carbonyl (C=O) groups excluding carboxylic acids is 1. The molecule has 1 aliphatic heterocycles. The zero-order valence-corrected chi connectivity index (χ0v) is 17.3. The molecule has 4 nitrogen and oxygen atoms in total. The Hall–Kier alpha value is -1.72. The molecule has 2 heterocycles. The lowest BCUT2D eigenvalue weighted by Crippen LogP contribution is -2.52. The van der Waals surface area contributed by atoms with Crippen molar-refractivity contribution in [1.82, 2.24) is 14.8 Å². The number of thiazole rings is 1. The van der Waals surface area contributed by atoms with E-state index in [4.69, 9.17) is 4.98 Å². The normalized spacial score (nSPS) is 21.8. The average molecular weight is 396 g/mol. The first-order chi connectivity index (χ1) is 13.8. The van der Waals surface area contributed by atoms with Gasteiger partial charge in [-0.3, -0.25) is 9.69 Å². The fourth-order valence-corrected chi connectivity index (χ4v) is 5.64. The number of nitrogens with zero attached hydrogens (tertiary/aromatic N) is 3. The summed E-state index contributed by atoms with van der Waals surface area (Å²) in [6.45, 7) is 3.76. The van der Waals surface area contributed by atoms with Gasteiger partial charge in [0.15, 0.2) is 0 Å². The number of piperazine rings is 1. The Balaban J connectivity index is 1.19. The van der Waals surface area contributed by atoms with Crippen LogP contribution in [0.2, 0.25) is 0 Å². The third-order valence-electron chi connectivity index (χ3n) is 6.57. The minimum absolute atomic E-state index is 0.173. The van der Waals surface area contributed by atoms with Gasteiger partial charge in [0.05, 0.1) is 10.7 Å². The number of carbonyl (C=O) groups is 1. The molecule has 28 heavy (non-hydrogen) atoms. The molecule has 0 radical (unpaired) electrons. The molecule has 5 heteroatoms. The molecule has 1 aromatic carbocycles. The van der Waals surface area contributed by atoms with Crippen LogP contribution in [0.5, 0.6) is 0 Å². The largest absolute Gasteiger partial charge is 0.336 e. The SMILES string of the molecule is O=C(c1ccc(-c2csc(C3CC3)n2)cc1)N1CCN(C2CCCCC2)CC1. The lowest BCUT2D eigenvalue weighted by molar-refractivity contribution is 0.0523. The minimum Gasteiger partial charge on any atom is -0.336 e. The van der Waals surface area contributed by atoms with Gasteiger partial charge in [0.2, 0.25) is 0 Å². The van der Waals surface area contributed by atoms with Crippen LogP contribution in [0.4, 0.5) is 0 Å². The van der Waals surface area contributed by atoms with Crippen molar-refractivity contribution in [3.63, 3.8) is 0 Å². The highest BCUT2D eigenvalue weighted by atomic mass is 32.1. The van der Waals surface area contributed by atoms with Crippen LogP contribution < -0.4 is 0 Å². The average Bonchev–Trinajstić information content (AvgIpc) is 3.51. The Morgan fingerprint density at radius 1 is 0.929 bits per heavy atom. The zero-order valence-electron chi connectivity index (χ0n) is 16.5. The van der Waals surface area contributed by atoms with E-state index in [1.54, 1.807) is 11.3 Å². The molecule has 2 aliphatic carbocycles. The van der Waals surface area contributed by atoms with Gasteiger partial charge in [-0.05, 0) is 37.8 Å². The number of hydrogen-bond donors (Lipinski definition) is 0. The van der Waals surface area contributed by atoms with E-state index in [0.717, 1.165) is 49.0 Å². The van der Waals surface area contributed by atoms with Gasteiger partial charge in [-0.1, -0.05) is 31.4 Å². The molecule has 0 bridgehead atoms. The van der Waals surface area contributed by atoms with Crippen LogP contribution in [0.15, 0.2) is 29.6 Å². The summed E-state index contributed by atoms with van der Waals surface area (Å²) in [4.78, 5) is 22.4. The molecule has 0 spiro atoms. The smallest absolute Gasteiger partial charge is 0.253 e. The molecule has 1 amide bonds. The van der Waals surface area contributed by atoms with Gasteiger partial charge in [-0.15, -0.1) is 11.3 Å². The van der Waals surface area contributed by atoms with Crippen molar-refractivity contribution in [1.29, 1.82) is 0 Å². The minimum atomic E-state index is 0.173. The highest BCUT2D eigenvalue weighted by molar-refractivity contribution is 7.10. The second kappa shape index (κ2) is 7.96. The topological polar surface area (TPSA) is 36.4 Å². The Morgan fingerprint density at radius 2 is 1.64 bits per heavy atom. The fourth-order valence-electron chi connectivity index (χ4n) is 4.64. The third kappa shape index (κ3) is 3.87. The lowest BCUT2D eigenvalue weighted by Gasteiger charge is -2.40. The van der Waals surface area contributed by atoms with Crippen molar-refractivity contribution in [2.45, 2.75) is 56.9 Å². The van der Waals surface area contributed by atoms with Crippen LogP contribution in [0, 0.1) is 0 Å². The van der Waals surface area contributed by atoms with Crippen LogP contribution in [-0.4, -0.2) is 52.9 Å². The van der Waals surface area contributed by atoms with E-state index in [1.807, 2.05) is 17.0 Å². The van der Waals surface area contributed by atoms with Crippen molar-refractivity contribution in [2.75, 3.05) is 26.2 Å². The molecule has 3 aliphatic rings. The first kappa shape index (κ1) is 18.3. The number of aromatic nitrogens is 1. The maximum Gasteiger partial charge on any atom is 0.253 e. The van der Waals surface area contributed by atoms with E-state index < -0.39 is 0 Å². The molecular weight excluding hydrogens is 366 g/mol. The monoisotopic (exact) mass is 395 g/mol. The number of benzene rings is 1. The summed E-state index contributed by atoms with van der Waals surface area (Å²) in [5.74, 6) is 0.874. The highest BCUT2D eigenvalue weighted by Crippen LogP contribution is 2.42. The van der Waals surface area contributed by atoms with Crippen molar-refractivity contribution >= 4 is 17.2 Å². The van der Waals surface area contributed by atoms with Gasteiger partial charge >= 0.3 is 0 Å². The predicted octanol–water partition coefficient (Wildman–Crippen LogP) is 4.78. The molecule has 1 saturated heterocycles. The summed E-state index contributed by atoms with van der Waals surface area (Å²) < 4.78 is 0. The Morgan fingerprint density at radius 3 is 2.32 bits per heavy atom. The summed E-state index contributed by atoms with van der Waals surface area (Å²) in [6, 6.07) is 8.81. The van der Waals surface area contributed by atoms with E-state index >= 15 is 0 Å². The van der Waals surface area contributed by atoms with Crippen molar-refractivity contribution < 1.29 is 4.79 Å². The first-order valence-electron chi connectivity index (χ1n) is 10.9. The molecule has 2 saturated carbocycles. The maximum atomic E-state index is 12.9. The Kier molecular flexibility index (Phi) is 5.20. The van der Waals surface area contributed by atoms with Gasteiger partial charge in [0, 0.05) is 54.6 Å². The molecule has 1 aromatic heterocycles. The lowest BCUT2D eigenvalue weighted by atomic mass is 9.94. The van der Waals surface area contributed by atoms with Gasteiger partial charge in [-0.2, -0.15) is 0 Å². The molecule has 148 valence electrons. The molecule has 0 N–H and O–H groups in total. The van der Waals surface area contributed by atoms with Crippen LogP contribution >= 0.6 is 11.3 Å². The van der Waals surface area contributed by atoms with Gasteiger partial charge in [0.1, 0.15) is 0 Å². The van der Waals surface area contributed by atoms with Gasteiger partial charge in [0.25, 0.3) is 5.91 Å². The van der Waals surface area contributed by atoms with Crippen molar-refractivity contribution in [3.05, 3.63) is 40.2 Å². The second-order valence-corrected chi connectivity index (χ2v) is 9.43. The first-order valence-corrected chi connectivity index (χ1v) is 11.7. The van der Waals surface area contributed by atoms with Crippen LogP contribution in [-0.2, 0) is 0 Å². The standard InChI is InChI=1S/C23H29N3OS/c27-23(26-14-12-25(13-15-26)20-4-2-1-3-5-20)19-10-6-17(7-11-19)21-16-28-22(24-21)18-8-9-18/h6-7,10-11,16,18,20H,1-5,8-9,12-15H2. The summed E-state index contributed by atoms with van der Waals surface area (Å²) in [5.41, 5.74) is 2.96. The van der Waals surface area contributed by atoms with Gasteiger partial charge in [-0.25, -0.2) is 4.98 Å². The Labute approximate surface area is 171 Å². The van der Waals surface area contributed by atoms with E-state index in [9.17, 15) is 4.79 Å². The molecule has 0 atom stereocenters. The van der Waals surface area contributed by atoms with E-state index in [2.05, 4.69) is 22.4 Å².